The van der Waals surface area contributed by atoms with Gasteiger partial charge in [-0.15, -0.1) is 0 Å². The topological polar surface area (TPSA) is 90.5 Å². The largest absolute Gasteiger partial charge is 0.332 e. The number of hydrogen-bond acceptors (Lipinski definition) is 5. The predicted octanol–water partition coefficient (Wildman–Crippen LogP) is 2.49. The molecule has 3 N–H and O–H groups in total. The minimum absolute atomic E-state index is 0.114. The monoisotopic (exact) mass is 460 g/mol. The number of carbonyl (C=O) groups is 3. The van der Waals surface area contributed by atoms with E-state index in [1.807, 2.05) is 24.3 Å². The van der Waals surface area contributed by atoms with E-state index in [4.69, 9.17) is 12.2 Å². The highest BCUT2D eigenvalue weighted by atomic mass is 79.9. The van der Waals surface area contributed by atoms with Crippen LogP contribution in [-0.4, -0.2) is 40.2 Å². The molecule has 0 bridgehead atoms. The molecule has 0 saturated carbocycles. The molecule has 0 radical (unpaired) electrons. The Morgan fingerprint density at radius 2 is 1.64 bits per heavy atom. The Bertz CT molecular complexity index is 913. The first-order valence-electron chi connectivity index (χ1n) is 8.43. The van der Waals surface area contributed by atoms with Crippen molar-refractivity contribution in [2.45, 2.75) is 13.0 Å². The van der Waals surface area contributed by atoms with Crippen molar-refractivity contribution in [3.63, 3.8) is 0 Å². The highest BCUT2D eigenvalue weighted by Gasteiger charge is 2.40. The van der Waals surface area contributed by atoms with Crippen LogP contribution >= 0.6 is 28.1 Å². The number of rotatable bonds is 6. The summed E-state index contributed by atoms with van der Waals surface area (Å²) in [6, 6.07) is 13.1. The van der Waals surface area contributed by atoms with Gasteiger partial charge < -0.3 is 5.32 Å². The van der Waals surface area contributed by atoms with Crippen molar-refractivity contribution < 1.29 is 14.4 Å². The van der Waals surface area contributed by atoms with E-state index >= 15 is 0 Å². The van der Waals surface area contributed by atoms with Gasteiger partial charge in [-0.05, 0) is 55.5 Å². The number of imide groups is 1. The second-order valence-electron chi connectivity index (χ2n) is 6.11. The van der Waals surface area contributed by atoms with Gasteiger partial charge in [0.2, 0.25) is 0 Å². The molecule has 0 aliphatic carbocycles. The van der Waals surface area contributed by atoms with Crippen molar-refractivity contribution in [3.8, 4) is 0 Å². The number of carbonyl (C=O) groups excluding carboxylic acids is 3. The maximum Gasteiger partial charge on any atom is 0.262 e. The molecule has 9 heteroatoms. The zero-order valence-corrected chi connectivity index (χ0v) is 17.3. The summed E-state index contributed by atoms with van der Waals surface area (Å²) in [4.78, 5) is 38.3. The summed E-state index contributed by atoms with van der Waals surface area (Å²) in [5, 5.41) is 3.24. The van der Waals surface area contributed by atoms with Crippen molar-refractivity contribution in [2.24, 2.45) is 0 Å². The number of Topliss-reactive ketones (excluding diaryl/α,β-unsaturated/α-hetero) is 1. The minimum Gasteiger partial charge on any atom is -0.332 e. The van der Waals surface area contributed by atoms with Gasteiger partial charge in [-0.1, -0.05) is 28.1 Å². The average Bonchev–Trinajstić information content (AvgIpc) is 2.94. The smallest absolute Gasteiger partial charge is 0.262 e. The second kappa shape index (κ2) is 8.59. The van der Waals surface area contributed by atoms with Gasteiger partial charge in [-0.25, -0.2) is 5.43 Å². The van der Waals surface area contributed by atoms with Crippen molar-refractivity contribution in [3.05, 3.63) is 64.1 Å². The maximum absolute atomic E-state index is 12.4. The molecule has 0 fully saturated rings. The van der Waals surface area contributed by atoms with Gasteiger partial charge in [-0.2, -0.15) is 0 Å². The summed E-state index contributed by atoms with van der Waals surface area (Å²) >= 11 is 8.50. The molecule has 1 aliphatic heterocycles. The number of amides is 2. The Morgan fingerprint density at radius 1 is 1.07 bits per heavy atom. The minimum atomic E-state index is -0.894. The standard InChI is InChI=1S/C19H17BrN4O3S/c1-11(24-17(26)14-4-2-3-5-15(14)18(24)27)16(25)10-21-23-19(28)22-13-8-6-12(20)7-9-13/h2-9,11,21H,10H2,1H3,(H2,22,23,28). The Kier molecular flexibility index (Phi) is 6.18. The van der Waals surface area contributed by atoms with E-state index < -0.39 is 17.9 Å². The second-order valence-corrected chi connectivity index (χ2v) is 7.43. The summed E-state index contributed by atoms with van der Waals surface area (Å²) in [5.74, 6) is -1.24. The summed E-state index contributed by atoms with van der Waals surface area (Å²) in [6.07, 6.45) is 0. The van der Waals surface area contributed by atoms with Crippen LogP contribution in [0.15, 0.2) is 53.0 Å². The summed E-state index contributed by atoms with van der Waals surface area (Å²) in [6.45, 7) is 1.42. The van der Waals surface area contributed by atoms with Crippen LogP contribution in [0.3, 0.4) is 0 Å². The van der Waals surface area contributed by atoms with Crippen molar-refractivity contribution in [1.82, 2.24) is 15.8 Å². The SMILES string of the molecule is CC(C(=O)CNNC(=S)Nc1ccc(Br)cc1)N1C(=O)c2ccccc2C1=O. The molecule has 144 valence electrons. The Hall–Kier alpha value is -2.62. The van der Waals surface area contributed by atoms with Gasteiger partial charge in [0.1, 0.15) is 0 Å². The molecule has 2 aromatic rings. The van der Waals surface area contributed by atoms with Gasteiger partial charge in [0, 0.05) is 10.2 Å². The van der Waals surface area contributed by atoms with Crippen molar-refractivity contribution in [1.29, 1.82) is 0 Å². The van der Waals surface area contributed by atoms with Gasteiger partial charge in [0.15, 0.2) is 10.9 Å². The number of benzene rings is 2. The van der Waals surface area contributed by atoms with Gasteiger partial charge in [0.05, 0.1) is 23.7 Å². The van der Waals surface area contributed by atoms with E-state index in [2.05, 4.69) is 32.1 Å². The van der Waals surface area contributed by atoms with E-state index in [0.29, 0.717) is 11.1 Å². The number of nitrogens with zero attached hydrogens (tertiary/aromatic N) is 1. The third-order valence-corrected chi connectivity index (χ3v) is 4.98. The van der Waals surface area contributed by atoms with E-state index in [-0.39, 0.29) is 17.4 Å². The Balaban J connectivity index is 1.51. The average molecular weight is 461 g/mol. The molecule has 1 aliphatic rings. The molecule has 3 rings (SSSR count). The number of fused-ring (bicyclic) bond motifs is 1. The zero-order chi connectivity index (χ0) is 20.3. The van der Waals surface area contributed by atoms with Crippen LogP contribution in [0.1, 0.15) is 27.6 Å². The Morgan fingerprint density at radius 3 is 2.21 bits per heavy atom. The first kappa shape index (κ1) is 20.1. The van der Waals surface area contributed by atoms with Gasteiger partial charge in [0.25, 0.3) is 11.8 Å². The molecular formula is C19H17BrN4O3S. The van der Waals surface area contributed by atoms with Crippen LogP contribution in [0.4, 0.5) is 5.69 Å². The van der Waals surface area contributed by atoms with Gasteiger partial charge >= 0.3 is 0 Å². The molecule has 0 aromatic heterocycles. The van der Waals surface area contributed by atoms with Crippen molar-refractivity contribution in [2.75, 3.05) is 11.9 Å². The quantitative estimate of drug-likeness (QED) is 0.346. The predicted molar refractivity (Wildman–Crippen MR) is 113 cm³/mol. The lowest BCUT2D eigenvalue weighted by molar-refractivity contribution is -0.121. The highest BCUT2D eigenvalue weighted by Crippen LogP contribution is 2.24. The molecule has 0 saturated heterocycles. The normalized spacial score (nSPS) is 13.9. The number of hydrazine groups is 1. The van der Waals surface area contributed by atoms with Crippen LogP contribution in [0, 0.1) is 0 Å². The molecule has 1 atom stereocenters. The zero-order valence-electron chi connectivity index (χ0n) is 14.9. The number of anilines is 1. The first-order valence-corrected chi connectivity index (χ1v) is 9.63. The number of hydrogen-bond donors (Lipinski definition) is 3. The third kappa shape index (κ3) is 4.27. The van der Waals surface area contributed by atoms with E-state index in [0.717, 1.165) is 15.1 Å². The summed E-state index contributed by atoms with van der Waals surface area (Å²) < 4.78 is 0.947. The fraction of sp³-hybridized carbons (Fsp3) is 0.158. The number of thiocarbonyl (C=S) groups is 1. The molecule has 2 amide bonds. The molecule has 0 spiro atoms. The van der Waals surface area contributed by atoms with Crippen LogP contribution in [0.5, 0.6) is 0 Å². The fourth-order valence-corrected chi connectivity index (χ4v) is 3.21. The summed E-state index contributed by atoms with van der Waals surface area (Å²) in [5.41, 5.74) is 6.84. The first-order chi connectivity index (χ1) is 13.4. The molecular weight excluding hydrogens is 444 g/mol. The lowest BCUT2D eigenvalue weighted by Gasteiger charge is -2.21. The van der Waals surface area contributed by atoms with Crippen LogP contribution in [0.25, 0.3) is 0 Å². The molecule has 28 heavy (non-hydrogen) atoms. The van der Waals surface area contributed by atoms with E-state index in [1.165, 1.54) is 6.92 Å². The Labute approximate surface area is 175 Å². The number of nitrogens with one attached hydrogen (secondary N) is 3. The maximum atomic E-state index is 12.4. The van der Waals surface area contributed by atoms with E-state index in [1.54, 1.807) is 24.3 Å². The lowest BCUT2D eigenvalue weighted by Crippen LogP contribution is -2.49. The van der Waals surface area contributed by atoms with Crippen LogP contribution < -0.4 is 16.2 Å². The van der Waals surface area contributed by atoms with Crippen LogP contribution in [0.2, 0.25) is 0 Å². The van der Waals surface area contributed by atoms with Gasteiger partial charge in [-0.3, -0.25) is 24.7 Å². The number of ketones is 1. The molecule has 1 heterocycles. The summed E-state index contributed by atoms with van der Waals surface area (Å²) in [7, 11) is 0. The fourth-order valence-electron chi connectivity index (χ4n) is 2.76. The molecule has 1 unspecified atom stereocenters. The van der Waals surface area contributed by atoms with E-state index in [9.17, 15) is 14.4 Å². The molecule has 7 nitrogen and oxygen atoms in total. The van der Waals surface area contributed by atoms with Crippen molar-refractivity contribution >= 4 is 56.5 Å². The molecule has 2 aromatic carbocycles. The lowest BCUT2D eigenvalue weighted by atomic mass is 10.1. The highest BCUT2D eigenvalue weighted by molar-refractivity contribution is 9.10. The third-order valence-electron chi connectivity index (χ3n) is 4.25. The van der Waals surface area contributed by atoms with Crippen LogP contribution in [-0.2, 0) is 4.79 Å². The number of halogens is 1.